The molecule has 7 heteroatoms. The smallest absolute Gasteiger partial charge is 0.229 e. The number of carbonyl (C=O) groups is 1. The Bertz CT molecular complexity index is 1120. The molecule has 1 amide bonds. The summed E-state index contributed by atoms with van der Waals surface area (Å²) in [4.78, 5) is 18.5. The summed E-state index contributed by atoms with van der Waals surface area (Å²) in [7, 11) is 2.11. The van der Waals surface area contributed by atoms with E-state index < -0.39 is 5.41 Å². The second-order valence-corrected chi connectivity index (χ2v) is 10.0. The fourth-order valence-electron chi connectivity index (χ4n) is 5.55. The molecule has 0 spiro atoms. The van der Waals surface area contributed by atoms with Crippen LogP contribution in [0.15, 0.2) is 48.7 Å². The zero-order valence-corrected chi connectivity index (χ0v) is 19.8. The number of halogens is 1. The quantitative estimate of drug-likeness (QED) is 0.626. The van der Waals surface area contributed by atoms with Gasteiger partial charge in [0, 0.05) is 24.4 Å². The minimum absolute atomic E-state index is 0.223. The van der Waals surface area contributed by atoms with Crippen molar-refractivity contribution in [3.05, 3.63) is 65.6 Å². The fraction of sp³-hybridized carbons (Fsp3) is 0.481. The van der Waals surface area contributed by atoms with Crippen LogP contribution in [-0.2, 0) is 22.4 Å². The van der Waals surface area contributed by atoms with E-state index in [0.29, 0.717) is 32.7 Å². The van der Waals surface area contributed by atoms with E-state index >= 15 is 0 Å². The topological polar surface area (TPSA) is 61.5 Å². The lowest BCUT2D eigenvalue weighted by atomic mass is 9.72. The molecule has 3 heterocycles. The van der Waals surface area contributed by atoms with Crippen molar-refractivity contribution in [2.24, 2.45) is 11.3 Å². The van der Waals surface area contributed by atoms with Gasteiger partial charge in [0.2, 0.25) is 5.91 Å². The first-order valence-electron chi connectivity index (χ1n) is 12.2. The lowest BCUT2D eigenvalue weighted by Crippen LogP contribution is -2.52. The van der Waals surface area contributed by atoms with Crippen molar-refractivity contribution in [2.75, 3.05) is 46.4 Å². The number of amides is 1. The number of H-pyrrole nitrogens is 1. The zero-order chi connectivity index (χ0) is 23.5. The zero-order valence-electron chi connectivity index (χ0n) is 19.8. The van der Waals surface area contributed by atoms with Gasteiger partial charge in [-0.25, -0.2) is 4.39 Å². The fourth-order valence-corrected chi connectivity index (χ4v) is 5.55. The molecular formula is C27H33FN4O2. The molecule has 2 aliphatic rings. The molecule has 1 N–H and O–H groups in total. The number of likely N-dealkylation sites (tertiary alicyclic amines) is 1. The Hall–Kier alpha value is -2.77. The number of piperidine rings is 1. The third-order valence-corrected chi connectivity index (χ3v) is 7.56. The average Bonchev–Trinajstić information content (AvgIpc) is 3.22. The summed E-state index contributed by atoms with van der Waals surface area (Å²) in [6, 6.07) is 12.9. The number of aromatic amines is 1. The molecule has 1 aromatic heterocycles. The second-order valence-electron chi connectivity index (χ2n) is 10.0. The van der Waals surface area contributed by atoms with Crippen molar-refractivity contribution in [1.82, 2.24) is 20.0 Å². The van der Waals surface area contributed by atoms with Crippen LogP contribution >= 0.6 is 0 Å². The number of aromatic nitrogens is 2. The molecular weight excluding hydrogens is 431 g/mol. The Kier molecular flexibility index (Phi) is 6.66. The third-order valence-electron chi connectivity index (χ3n) is 7.56. The van der Waals surface area contributed by atoms with E-state index in [2.05, 4.69) is 28.2 Å². The van der Waals surface area contributed by atoms with Gasteiger partial charge in [-0.1, -0.05) is 24.3 Å². The summed E-state index contributed by atoms with van der Waals surface area (Å²) in [5, 5.41) is 8.36. The lowest BCUT2D eigenvalue weighted by molar-refractivity contribution is -0.145. The number of nitrogens with zero attached hydrogens (tertiary/aromatic N) is 3. The number of carbonyl (C=O) groups excluding carboxylic acids is 1. The van der Waals surface area contributed by atoms with E-state index in [1.165, 1.54) is 17.7 Å². The van der Waals surface area contributed by atoms with Gasteiger partial charge in [-0.2, -0.15) is 5.10 Å². The molecule has 3 aromatic rings. The molecule has 0 radical (unpaired) electrons. The maximum Gasteiger partial charge on any atom is 0.229 e. The number of hydrogen-bond acceptors (Lipinski definition) is 4. The molecule has 180 valence electrons. The average molecular weight is 465 g/mol. The van der Waals surface area contributed by atoms with Gasteiger partial charge in [0.25, 0.3) is 0 Å². The van der Waals surface area contributed by atoms with Crippen molar-refractivity contribution in [3.63, 3.8) is 0 Å². The number of rotatable bonds is 5. The second kappa shape index (κ2) is 9.84. The predicted octanol–water partition coefficient (Wildman–Crippen LogP) is 3.67. The minimum atomic E-state index is -0.455. The van der Waals surface area contributed by atoms with E-state index in [1.807, 2.05) is 35.4 Å². The Labute approximate surface area is 200 Å². The molecule has 6 nitrogen and oxygen atoms in total. The molecule has 0 bridgehead atoms. The Morgan fingerprint density at radius 1 is 1.18 bits per heavy atom. The minimum Gasteiger partial charge on any atom is -0.379 e. The van der Waals surface area contributed by atoms with Crippen molar-refractivity contribution in [1.29, 1.82) is 0 Å². The van der Waals surface area contributed by atoms with Gasteiger partial charge in [0.15, 0.2) is 0 Å². The molecule has 2 fully saturated rings. The molecule has 5 rings (SSSR count). The summed E-state index contributed by atoms with van der Waals surface area (Å²) in [6.07, 6.45) is 5.00. The van der Waals surface area contributed by atoms with Crippen LogP contribution in [-0.4, -0.2) is 72.3 Å². The molecule has 2 saturated heterocycles. The van der Waals surface area contributed by atoms with Crippen LogP contribution in [0.5, 0.6) is 0 Å². The third kappa shape index (κ3) is 4.86. The summed E-state index contributed by atoms with van der Waals surface area (Å²) < 4.78 is 19.5. The highest BCUT2D eigenvalue weighted by molar-refractivity contribution is 5.84. The number of benzene rings is 2. The Balaban J connectivity index is 1.36. The standard InChI is InChI=1S/C27H33FN4O2/c1-31-11-9-27(10-12-31,16-20-5-7-23(28)8-6-20)26(33)32-13-14-34-19-21(18-32)15-22-3-2-4-25-24(22)17-29-30-25/h2-8,17,21H,9-16,18-19H2,1H3,(H,29,30)/t21-/m0/s1. The van der Waals surface area contributed by atoms with Gasteiger partial charge >= 0.3 is 0 Å². The first-order chi connectivity index (χ1) is 16.5. The lowest BCUT2D eigenvalue weighted by Gasteiger charge is -2.42. The molecule has 0 aliphatic carbocycles. The molecule has 0 saturated carbocycles. The van der Waals surface area contributed by atoms with Crippen LogP contribution in [0.25, 0.3) is 10.9 Å². The van der Waals surface area contributed by atoms with E-state index in [-0.39, 0.29) is 17.6 Å². The van der Waals surface area contributed by atoms with Gasteiger partial charge in [-0.05, 0) is 75.1 Å². The van der Waals surface area contributed by atoms with Crippen LogP contribution in [0.3, 0.4) is 0 Å². The number of fused-ring (bicyclic) bond motifs is 1. The first-order valence-corrected chi connectivity index (χ1v) is 12.2. The van der Waals surface area contributed by atoms with Crippen LogP contribution < -0.4 is 0 Å². The molecule has 1 atom stereocenters. The van der Waals surface area contributed by atoms with Crippen LogP contribution in [0, 0.1) is 17.2 Å². The summed E-state index contributed by atoms with van der Waals surface area (Å²) >= 11 is 0. The van der Waals surface area contributed by atoms with E-state index in [9.17, 15) is 9.18 Å². The van der Waals surface area contributed by atoms with Crippen molar-refractivity contribution in [2.45, 2.75) is 25.7 Å². The van der Waals surface area contributed by atoms with Gasteiger partial charge in [-0.15, -0.1) is 0 Å². The van der Waals surface area contributed by atoms with E-state index in [0.717, 1.165) is 48.8 Å². The number of hydrogen-bond donors (Lipinski definition) is 1. The van der Waals surface area contributed by atoms with Crippen LogP contribution in [0.2, 0.25) is 0 Å². The van der Waals surface area contributed by atoms with Crippen molar-refractivity contribution >= 4 is 16.8 Å². The first kappa shape index (κ1) is 23.0. The van der Waals surface area contributed by atoms with Crippen LogP contribution in [0.4, 0.5) is 4.39 Å². The summed E-state index contributed by atoms with van der Waals surface area (Å²) in [5.74, 6) is 0.204. The number of nitrogens with one attached hydrogen (secondary N) is 1. The maximum absolute atomic E-state index is 14.1. The maximum atomic E-state index is 14.1. The largest absolute Gasteiger partial charge is 0.379 e. The molecule has 2 aromatic carbocycles. The molecule has 0 unspecified atom stereocenters. The predicted molar refractivity (Wildman–Crippen MR) is 130 cm³/mol. The van der Waals surface area contributed by atoms with Crippen molar-refractivity contribution < 1.29 is 13.9 Å². The van der Waals surface area contributed by atoms with Gasteiger partial charge in [-0.3, -0.25) is 9.89 Å². The summed E-state index contributed by atoms with van der Waals surface area (Å²) in [5.41, 5.74) is 2.83. The van der Waals surface area contributed by atoms with E-state index in [1.54, 1.807) is 0 Å². The normalized spacial score (nSPS) is 21.5. The Morgan fingerprint density at radius 2 is 1.97 bits per heavy atom. The number of ether oxygens (including phenoxy) is 1. The van der Waals surface area contributed by atoms with Crippen molar-refractivity contribution in [3.8, 4) is 0 Å². The monoisotopic (exact) mass is 464 g/mol. The van der Waals surface area contributed by atoms with Gasteiger partial charge in [0.05, 0.1) is 30.3 Å². The molecule has 2 aliphatic heterocycles. The van der Waals surface area contributed by atoms with Gasteiger partial charge < -0.3 is 14.5 Å². The van der Waals surface area contributed by atoms with Crippen LogP contribution in [0.1, 0.15) is 24.0 Å². The summed E-state index contributed by atoms with van der Waals surface area (Å²) in [6.45, 7) is 4.29. The SMILES string of the molecule is CN1CCC(Cc2ccc(F)cc2)(C(=O)N2CCOC[C@@H](Cc3cccc4[nH]ncc34)C2)CC1. The Morgan fingerprint density at radius 3 is 2.76 bits per heavy atom. The van der Waals surface area contributed by atoms with Gasteiger partial charge in [0.1, 0.15) is 5.82 Å². The van der Waals surface area contributed by atoms with E-state index in [4.69, 9.17) is 4.74 Å². The highest BCUT2D eigenvalue weighted by atomic mass is 19.1. The highest BCUT2D eigenvalue weighted by Crippen LogP contribution is 2.37. The highest BCUT2D eigenvalue weighted by Gasteiger charge is 2.43. The molecule has 34 heavy (non-hydrogen) atoms.